The first-order valence-corrected chi connectivity index (χ1v) is 4.89. The van der Waals surface area contributed by atoms with Gasteiger partial charge in [-0.1, -0.05) is 0 Å². The van der Waals surface area contributed by atoms with Crippen molar-refractivity contribution in [2.75, 3.05) is 0 Å². The van der Waals surface area contributed by atoms with Gasteiger partial charge in [-0.05, 0) is 11.0 Å². The van der Waals surface area contributed by atoms with E-state index in [1.807, 2.05) is 7.05 Å². The molecule has 0 radical (unpaired) electrons. The van der Waals surface area contributed by atoms with Crippen molar-refractivity contribution in [3.05, 3.63) is 46.4 Å². The zero-order chi connectivity index (χ0) is 12.4. The Morgan fingerprint density at radius 2 is 2.24 bits per heavy atom. The van der Waals surface area contributed by atoms with Gasteiger partial charge in [-0.25, -0.2) is 0 Å². The lowest BCUT2D eigenvalue weighted by Gasteiger charge is -1.94. The van der Waals surface area contributed by atoms with Crippen LogP contribution in [0, 0.1) is 10.1 Å². The first kappa shape index (κ1) is 11.1. The zero-order valence-electron chi connectivity index (χ0n) is 9.11. The van der Waals surface area contributed by atoms with Gasteiger partial charge in [0.1, 0.15) is 6.54 Å². The van der Waals surface area contributed by atoms with E-state index in [1.54, 1.807) is 23.0 Å². The molecule has 0 aliphatic rings. The molecule has 0 saturated carbocycles. The highest BCUT2D eigenvalue weighted by Crippen LogP contribution is 2.07. The normalized spacial score (nSPS) is 10.4. The number of carbonyl (C=O) groups is 1. The minimum Gasteiger partial charge on any atom is -0.358 e. The number of Topliss-reactive ketones (excluding diaryl/α,β-unsaturated/α-hetero) is 1. The lowest BCUT2D eigenvalue weighted by Crippen LogP contribution is -2.10. The number of hydrogen-bond donors (Lipinski definition) is 0. The summed E-state index contributed by atoms with van der Waals surface area (Å²) in [7, 11) is 1.82. The molecule has 0 aromatic carbocycles. The maximum atomic E-state index is 11.8. The van der Waals surface area contributed by atoms with Crippen LogP contribution in [0.4, 0.5) is 5.82 Å². The standard InChI is InChI=1S/C10H10N4O3/c1-12-4-2-8(6-12)9(15)7-13-5-3-10(11-13)14(16)17/h2-6H,7H2,1H3. The molecule has 0 aliphatic heterocycles. The smallest absolute Gasteiger partial charge is 0.358 e. The van der Waals surface area contributed by atoms with E-state index in [0.29, 0.717) is 5.56 Å². The Morgan fingerprint density at radius 3 is 2.76 bits per heavy atom. The van der Waals surface area contributed by atoms with Crippen LogP contribution < -0.4 is 0 Å². The Bertz CT molecular complexity index is 570. The molecule has 7 nitrogen and oxygen atoms in total. The molecule has 2 rings (SSSR count). The van der Waals surface area contributed by atoms with Gasteiger partial charge in [-0.2, -0.15) is 4.68 Å². The Kier molecular flexibility index (Phi) is 2.73. The van der Waals surface area contributed by atoms with Crippen LogP contribution in [0.1, 0.15) is 10.4 Å². The van der Waals surface area contributed by atoms with Gasteiger partial charge in [0.15, 0.2) is 5.78 Å². The molecule has 0 unspecified atom stereocenters. The van der Waals surface area contributed by atoms with E-state index in [0.717, 1.165) is 0 Å². The van der Waals surface area contributed by atoms with Gasteiger partial charge in [0, 0.05) is 25.0 Å². The van der Waals surface area contributed by atoms with E-state index < -0.39 is 4.92 Å². The van der Waals surface area contributed by atoms with Crippen molar-refractivity contribution >= 4 is 11.6 Å². The number of carbonyl (C=O) groups excluding carboxylic acids is 1. The molecule has 0 spiro atoms. The third-order valence-electron chi connectivity index (χ3n) is 2.27. The summed E-state index contributed by atoms with van der Waals surface area (Å²) < 4.78 is 3.02. The summed E-state index contributed by atoms with van der Waals surface area (Å²) in [5.74, 6) is -0.394. The van der Waals surface area contributed by atoms with Crippen molar-refractivity contribution in [1.82, 2.24) is 14.3 Å². The predicted molar refractivity (Wildman–Crippen MR) is 58.6 cm³/mol. The van der Waals surface area contributed by atoms with Gasteiger partial charge in [0.05, 0.1) is 17.4 Å². The topological polar surface area (TPSA) is 83.0 Å². The SMILES string of the molecule is Cn1ccc(C(=O)Cn2ccc([N+](=O)[O-])n2)c1. The number of ketones is 1. The number of aromatic nitrogens is 3. The number of nitrogens with zero attached hydrogens (tertiary/aromatic N) is 4. The second-order valence-corrected chi connectivity index (χ2v) is 3.62. The third kappa shape index (κ3) is 2.39. The van der Waals surface area contributed by atoms with E-state index in [1.165, 1.54) is 16.9 Å². The van der Waals surface area contributed by atoms with Crippen LogP contribution >= 0.6 is 0 Å². The van der Waals surface area contributed by atoms with Crippen LogP contribution in [0.5, 0.6) is 0 Å². The molecule has 0 N–H and O–H groups in total. The molecule has 2 aromatic rings. The molecule has 17 heavy (non-hydrogen) atoms. The van der Waals surface area contributed by atoms with Crippen molar-refractivity contribution in [2.45, 2.75) is 6.54 Å². The summed E-state index contributed by atoms with van der Waals surface area (Å²) in [6.07, 6.45) is 4.87. The highest BCUT2D eigenvalue weighted by Gasteiger charge is 2.14. The average molecular weight is 234 g/mol. The molecule has 0 atom stereocenters. The largest absolute Gasteiger partial charge is 0.389 e. The zero-order valence-corrected chi connectivity index (χ0v) is 9.11. The second-order valence-electron chi connectivity index (χ2n) is 3.62. The van der Waals surface area contributed by atoms with Gasteiger partial charge in [-0.15, -0.1) is 0 Å². The quantitative estimate of drug-likeness (QED) is 0.449. The van der Waals surface area contributed by atoms with Gasteiger partial charge in [-0.3, -0.25) is 4.79 Å². The Hall–Kier alpha value is -2.44. The summed E-state index contributed by atoms with van der Waals surface area (Å²) in [5, 5.41) is 14.1. The van der Waals surface area contributed by atoms with Crippen molar-refractivity contribution in [3.63, 3.8) is 0 Å². The predicted octanol–water partition coefficient (Wildman–Crippen LogP) is 1.01. The summed E-state index contributed by atoms with van der Waals surface area (Å²) in [4.78, 5) is 21.6. The van der Waals surface area contributed by atoms with Gasteiger partial charge in [0.25, 0.3) is 0 Å². The fourth-order valence-corrected chi connectivity index (χ4v) is 1.44. The molecule has 0 amide bonds. The van der Waals surface area contributed by atoms with Gasteiger partial charge in [0.2, 0.25) is 0 Å². The van der Waals surface area contributed by atoms with Crippen LogP contribution in [0.3, 0.4) is 0 Å². The van der Waals surface area contributed by atoms with E-state index in [-0.39, 0.29) is 18.1 Å². The Labute approximate surface area is 96.4 Å². The molecule has 0 aliphatic carbocycles. The summed E-state index contributed by atoms with van der Waals surface area (Å²) >= 11 is 0. The molecule has 2 heterocycles. The molecule has 0 bridgehead atoms. The number of aryl methyl sites for hydroxylation is 1. The minimum absolute atomic E-state index is 0.00213. The van der Waals surface area contributed by atoms with Crippen LogP contribution in [0.2, 0.25) is 0 Å². The van der Waals surface area contributed by atoms with E-state index in [2.05, 4.69) is 5.10 Å². The van der Waals surface area contributed by atoms with Crippen LogP contribution in [0.15, 0.2) is 30.7 Å². The highest BCUT2D eigenvalue weighted by atomic mass is 16.6. The minimum atomic E-state index is -0.594. The molecule has 0 fully saturated rings. The first-order valence-electron chi connectivity index (χ1n) is 4.89. The summed E-state index contributed by atoms with van der Waals surface area (Å²) in [6, 6.07) is 2.96. The Balaban J connectivity index is 2.10. The summed E-state index contributed by atoms with van der Waals surface area (Å²) in [5.41, 5.74) is 0.561. The molecular formula is C10H10N4O3. The van der Waals surface area contributed by atoms with Gasteiger partial charge < -0.3 is 14.7 Å². The second kappa shape index (κ2) is 4.20. The average Bonchev–Trinajstić information content (AvgIpc) is 2.86. The highest BCUT2D eigenvalue weighted by molar-refractivity contribution is 5.95. The first-order chi connectivity index (χ1) is 8.06. The number of hydrogen-bond acceptors (Lipinski definition) is 4. The van der Waals surface area contributed by atoms with Crippen molar-refractivity contribution in [1.29, 1.82) is 0 Å². The Morgan fingerprint density at radius 1 is 1.47 bits per heavy atom. The van der Waals surface area contributed by atoms with E-state index in [4.69, 9.17) is 0 Å². The number of rotatable bonds is 4. The third-order valence-corrected chi connectivity index (χ3v) is 2.27. The van der Waals surface area contributed by atoms with Crippen molar-refractivity contribution in [3.8, 4) is 0 Å². The molecule has 88 valence electrons. The monoisotopic (exact) mass is 234 g/mol. The van der Waals surface area contributed by atoms with E-state index >= 15 is 0 Å². The molecule has 2 aromatic heterocycles. The van der Waals surface area contributed by atoms with Crippen molar-refractivity contribution < 1.29 is 9.72 Å². The lowest BCUT2D eigenvalue weighted by molar-refractivity contribution is -0.389. The lowest BCUT2D eigenvalue weighted by atomic mass is 10.2. The maximum Gasteiger partial charge on any atom is 0.389 e. The molecule has 0 saturated heterocycles. The van der Waals surface area contributed by atoms with E-state index in [9.17, 15) is 14.9 Å². The van der Waals surface area contributed by atoms with Crippen LogP contribution in [0.25, 0.3) is 0 Å². The maximum absolute atomic E-state index is 11.8. The fourth-order valence-electron chi connectivity index (χ4n) is 1.44. The fraction of sp³-hybridized carbons (Fsp3) is 0.200. The number of nitro groups is 1. The summed E-state index contributed by atoms with van der Waals surface area (Å²) in [6.45, 7) is -0.00213. The van der Waals surface area contributed by atoms with Gasteiger partial charge >= 0.3 is 5.82 Å². The molecule has 7 heteroatoms. The van der Waals surface area contributed by atoms with Crippen LogP contribution in [-0.2, 0) is 13.6 Å². The molecular weight excluding hydrogens is 224 g/mol. The van der Waals surface area contributed by atoms with Crippen molar-refractivity contribution in [2.24, 2.45) is 7.05 Å². The van der Waals surface area contributed by atoms with Crippen LogP contribution in [-0.4, -0.2) is 25.1 Å².